The highest BCUT2D eigenvalue weighted by Gasteiger charge is 2.32. The van der Waals surface area contributed by atoms with Gasteiger partial charge in [-0.3, -0.25) is 9.59 Å². The van der Waals surface area contributed by atoms with E-state index in [1.54, 1.807) is 0 Å². The molecule has 3 rings (SSSR count). The summed E-state index contributed by atoms with van der Waals surface area (Å²) in [4.78, 5) is 28.7. The molecule has 6 heteroatoms. The van der Waals surface area contributed by atoms with Gasteiger partial charge in [0.1, 0.15) is 6.10 Å². The van der Waals surface area contributed by atoms with Crippen LogP contribution in [-0.2, 0) is 14.3 Å². The molecule has 2 amide bonds. The van der Waals surface area contributed by atoms with Crippen molar-refractivity contribution < 1.29 is 14.3 Å². The Morgan fingerprint density at radius 1 is 1.08 bits per heavy atom. The Balaban J connectivity index is 1.42. The lowest BCUT2D eigenvalue weighted by atomic mass is 9.84. The van der Waals surface area contributed by atoms with Gasteiger partial charge < -0.3 is 19.9 Å². The van der Waals surface area contributed by atoms with Crippen molar-refractivity contribution in [3.8, 4) is 0 Å². The van der Waals surface area contributed by atoms with Crippen LogP contribution in [0, 0.1) is 11.8 Å². The standard InChI is InChI=1S/C18H31N3O3/c1-14(15-4-6-19-7-5-15)13-17(22)20-8-10-21(11-9-20)18(23)16-3-2-12-24-16/h14-16,19H,2-13H2,1H3. The Hall–Kier alpha value is -1.14. The fourth-order valence-corrected chi connectivity index (χ4v) is 4.14. The van der Waals surface area contributed by atoms with Gasteiger partial charge >= 0.3 is 0 Å². The number of nitrogens with zero attached hydrogens (tertiary/aromatic N) is 2. The lowest BCUT2D eigenvalue weighted by Crippen LogP contribution is -2.53. The minimum Gasteiger partial charge on any atom is -0.368 e. The second-order valence-corrected chi connectivity index (χ2v) is 7.48. The van der Waals surface area contributed by atoms with Crippen LogP contribution in [-0.4, -0.2) is 73.6 Å². The number of hydrogen-bond donors (Lipinski definition) is 1. The van der Waals surface area contributed by atoms with Crippen molar-refractivity contribution in [3.63, 3.8) is 0 Å². The third-order valence-corrected chi connectivity index (χ3v) is 5.83. The van der Waals surface area contributed by atoms with Crippen molar-refractivity contribution in [1.82, 2.24) is 15.1 Å². The first-order valence-electron chi connectivity index (χ1n) is 9.54. The van der Waals surface area contributed by atoms with Crippen LogP contribution in [0.1, 0.15) is 39.0 Å². The molecule has 1 N–H and O–H groups in total. The van der Waals surface area contributed by atoms with Gasteiger partial charge in [-0.15, -0.1) is 0 Å². The summed E-state index contributed by atoms with van der Waals surface area (Å²) in [6.45, 7) is 7.68. The zero-order valence-corrected chi connectivity index (χ0v) is 14.8. The van der Waals surface area contributed by atoms with E-state index < -0.39 is 0 Å². The highest BCUT2D eigenvalue weighted by molar-refractivity contribution is 5.82. The molecule has 2 atom stereocenters. The Morgan fingerprint density at radius 3 is 2.38 bits per heavy atom. The molecular formula is C18H31N3O3. The molecule has 3 heterocycles. The van der Waals surface area contributed by atoms with Crippen LogP contribution in [0.25, 0.3) is 0 Å². The number of piperazine rings is 1. The highest BCUT2D eigenvalue weighted by Crippen LogP contribution is 2.25. The molecule has 24 heavy (non-hydrogen) atoms. The van der Waals surface area contributed by atoms with E-state index in [9.17, 15) is 9.59 Å². The summed E-state index contributed by atoms with van der Waals surface area (Å²) in [5, 5.41) is 3.38. The van der Waals surface area contributed by atoms with Crippen LogP contribution < -0.4 is 5.32 Å². The second-order valence-electron chi connectivity index (χ2n) is 7.48. The number of nitrogens with one attached hydrogen (secondary N) is 1. The van der Waals surface area contributed by atoms with Crippen molar-refractivity contribution in [1.29, 1.82) is 0 Å². The number of rotatable bonds is 4. The van der Waals surface area contributed by atoms with Crippen molar-refractivity contribution in [3.05, 3.63) is 0 Å². The number of ether oxygens (including phenoxy) is 1. The van der Waals surface area contributed by atoms with Crippen LogP contribution in [0.2, 0.25) is 0 Å². The minimum atomic E-state index is -0.243. The molecule has 3 aliphatic heterocycles. The van der Waals surface area contributed by atoms with Gasteiger partial charge in [-0.2, -0.15) is 0 Å². The van der Waals surface area contributed by atoms with Gasteiger partial charge in [-0.25, -0.2) is 0 Å². The van der Waals surface area contributed by atoms with Crippen molar-refractivity contribution >= 4 is 11.8 Å². The smallest absolute Gasteiger partial charge is 0.251 e. The van der Waals surface area contributed by atoms with E-state index in [4.69, 9.17) is 4.74 Å². The fourth-order valence-electron chi connectivity index (χ4n) is 4.14. The van der Waals surface area contributed by atoms with Gasteiger partial charge in [0, 0.05) is 39.2 Å². The lowest BCUT2D eigenvalue weighted by molar-refractivity contribution is -0.146. The SMILES string of the molecule is CC(CC(=O)N1CCN(C(=O)C2CCCO2)CC1)C1CCNCC1. The van der Waals surface area contributed by atoms with Gasteiger partial charge in [-0.05, 0) is 50.6 Å². The van der Waals surface area contributed by atoms with Gasteiger partial charge in [0.25, 0.3) is 5.91 Å². The Bertz CT molecular complexity index is 437. The first kappa shape index (κ1) is 17.7. The molecule has 0 radical (unpaired) electrons. The minimum absolute atomic E-state index is 0.114. The zero-order valence-electron chi connectivity index (χ0n) is 14.8. The molecule has 0 aromatic carbocycles. The number of amides is 2. The summed E-state index contributed by atoms with van der Waals surface area (Å²) in [5.74, 6) is 1.48. The van der Waals surface area contributed by atoms with E-state index in [1.165, 1.54) is 12.8 Å². The quantitative estimate of drug-likeness (QED) is 0.827. The van der Waals surface area contributed by atoms with E-state index in [-0.39, 0.29) is 17.9 Å². The molecule has 0 bridgehead atoms. The summed E-state index contributed by atoms with van der Waals surface area (Å²) in [5.41, 5.74) is 0. The summed E-state index contributed by atoms with van der Waals surface area (Å²) in [6.07, 6.45) is 4.57. The molecule has 3 aliphatic rings. The van der Waals surface area contributed by atoms with Gasteiger partial charge in [0.05, 0.1) is 0 Å². The molecule has 0 aliphatic carbocycles. The van der Waals surface area contributed by atoms with Crippen LogP contribution >= 0.6 is 0 Å². The van der Waals surface area contributed by atoms with E-state index >= 15 is 0 Å². The van der Waals surface area contributed by atoms with Gasteiger partial charge in [-0.1, -0.05) is 6.92 Å². The van der Waals surface area contributed by atoms with Gasteiger partial charge in [0.2, 0.25) is 5.91 Å². The van der Waals surface area contributed by atoms with Crippen LogP contribution in [0.3, 0.4) is 0 Å². The van der Waals surface area contributed by atoms with Crippen molar-refractivity contribution in [2.24, 2.45) is 11.8 Å². The summed E-state index contributed by atoms with van der Waals surface area (Å²) in [7, 11) is 0. The Labute approximate surface area is 144 Å². The number of piperidine rings is 1. The highest BCUT2D eigenvalue weighted by atomic mass is 16.5. The molecule has 0 aromatic rings. The molecule has 0 spiro atoms. The van der Waals surface area contributed by atoms with E-state index in [0.29, 0.717) is 51.0 Å². The molecular weight excluding hydrogens is 306 g/mol. The molecule has 6 nitrogen and oxygen atoms in total. The van der Waals surface area contributed by atoms with Crippen LogP contribution in [0.4, 0.5) is 0 Å². The van der Waals surface area contributed by atoms with E-state index in [1.807, 2.05) is 9.80 Å². The molecule has 0 aromatic heterocycles. The average Bonchev–Trinajstić information content (AvgIpc) is 3.16. The van der Waals surface area contributed by atoms with Crippen molar-refractivity contribution in [2.75, 3.05) is 45.9 Å². The average molecular weight is 337 g/mol. The molecule has 3 fully saturated rings. The lowest BCUT2D eigenvalue weighted by Gasteiger charge is -2.37. The molecule has 0 saturated carbocycles. The topological polar surface area (TPSA) is 61.9 Å². The number of carbonyl (C=O) groups is 2. The van der Waals surface area contributed by atoms with Gasteiger partial charge in [0.15, 0.2) is 0 Å². The molecule has 2 unspecified atom stereocenters. The third kappa shape index (κ3) is 4.28. The zero-order chi connectivity index (χ0) is 16.9. The third-order valence-electron chi connectivity index (χ3n) is 5.83. The number of hydrogen-bond acceptors (Lipinski definition) is 4. The Kier molecular flexibility index (Phi) is 6.11. The monoisotopic (exact) mass is 337 g/mol. The predicted octanol–water partition coefficient (Wildman–Crippen LogP) is 0.862. The maximum absolute atomic E-state index is 12.6. The predicted molar refractivity (Wildman–Crippen MR) is 91.5 cm³/mol. The van der Waals surface area contributed by atoms with Crippen LogP contribution in [0.5, 0.6) is 0 Å². The summed E-state index contributed by atoms with van der Waals surface area (Å²) in [6, 6.07) is 0. The van der Waals surface area contributed by atoms with E-state index in [2.05, 4.69) is 12.2 Å². The maximum atomic E-state index is 12.6. The Morgan fingerprint density at radius 2 is 1.75 bits per heavy atom. The molecule has 136 valence electrons. The summed E-state index contributed by atoms with van der Waals surface area (Å²) < 4.78 is 5.49. The van der Waals surface area contributed by atoms with Crippen molar-refractivity contribution in [2.45, 2.75) is 45.1 Å². The van der Waals surface area contributed by atoms with E-state index in [0.717, 1.165) is 25.9 Å². The normalized spacial score (nSPS) is 27.3. The second kappa shape index (κ2) is 8.30. The van der Waals surface area contributed by atoms with Crippen LogP contribution in [0.15, 0.2) is 0 Å². The molecule has 3 saturated heterocycles. The summed E-state index contributed by atoms with van der Waals surface area (Å²) >= 11 is 0. The fraction of sp³-hybridized carbons (Fsp3) is 0.889. The first-order valence-corrected chi connectivity index (χ1v) is 9.54. The first-order chi connectivity index (χ1) is 11.6. The maximum Gasteiger partial charge on any atom is 0.251 e. The number of carbonyl (C=O) groups excluding carboxylic acids is 2. The largest absolute Gasteiger partial charge is 0.368 e.